The molecule has 0 aromatic carbocycles. The molecule has 1 unspecified atom stereocenters. The molecule has 0 saturated carbocycles. The first-order valence-electron chi connectivity index (χ1n) is 4.88. The maximum Gasteiger partial charge on any atom is 0.0143 e. The van der Waals surface area contributed by atoms with Gasteiger partial charge < -0.3 is 0 Å². The monoisotopic (exact) mass is 220 g/mol. The largest absolute Gasteiger partial charge is 0.0891 e. The van der Waals surface area contributed by atoms with Crippen LogP contribution in [-0.4, -0.2) is 4.83 Å². The van der Waals surface area contributed by atoms with Gasteiger partial charge >= 0.3 is 0 Å². The summed E-state index contributed by atoms with van der Waals surface area (Å²) in [5.74, 6) is 0.960. The summed E-state index contributed by atoms with van der Waals surface area (Å²) < 4.78 is 0. The average Bonchev–Trinajstić information content (AvgIpc) is 2.06. The van der Waals surface area contributed by atoms with Gasteiger partial charge in [0.25, 0.3) is 0 Å². The van der Waals surface area contributed by atoms with E-state index in [1.165, 1.54) is 32.1 Å². The lowest BCUT2D eigenvalue weighted by Crippen LogP contribution is -2.02. The van der Waals surface area contributed by atoms with Crippen LogP contribution in [0.5, 0.6) is 0 Å². The van der Waals surface area contributed by atoms with Crippen molar-refractivity contribution in [2.75, 3.05) is 0 Å². The molecule has 0 aromatic heterocycles. The van der Waals surface area contributed by atoms with Gasteiger partial charge in [-0.15, -0.1) is 0 Å². The zero-order valence-corrected chi connectivity index (χ0v) is 9.65. The molecule has 0 aliphatic heterocycles. The van der Waals surface area contributed by atoms with E-state index in [0.29, 0.717) is 0 Å². The fourth-order valence-corrected chi connectivity index (χ4v) is 1.58. The summed E-state index contributed by atoms with van der Waals surface area (Å²) in [6.45, 7) is 6.83. The maximum atomic E-state index is 3.66. The summed E-state index contributed by atoms with van der Waals surface area (Å²) in [7, 11) is 0. The summed E-state index contributed by atoms with van der Waals surface area (Å²) in [6, 6.07) is 0. The fraction of sp³-hybridized carbons (Fsp3) is 1.00. The van der Waals surface area contributed by atoms with Crippen LogP contribution in [0, 0.1) is 5.92 Å². The Morgan fingerprint density at radius 2 is 1.45 bits per heavy atom. The van der Waals surface area contributed by atoms with Crippen LogP contribution in [0.25, 0.3) is 0 Å². The van der Waals surface area contributed by atoms with Gasteiger partial charge in [-0.05, 0) is 25.2 Å². The van der Waals surface area contributed by atoms with Crippen molar-refractivity contribution < 1.29 is 0 Å². The Morgan fingerprint density at radius 3 is 1.82 bits per heavy atom. The molecular weight excluding hydrogens is 200 g/mol. The zero-order valence-electron chi connectivity index (χ0n) is 8.07. The van der Waals surface area contributed by atoms with E-state index in [0.717, 1.165) is 10.7 Å². The van der Waals surface area contributed by atoms with Crippen LogP contribution in [0.4, 0.5) is 0 Å². The van der Waals surface area contributed by atoms with Crippen LogP contribution in [0.15, 0.2) is 0 Å². The second-order valence-electron chi connectivity index (χ2n) is 3.27. The third-order valence-corrected chi connectivity index (χ3v) is 3.59. The average molecular weight is 221 g/mol. The number of rotatable bonds is 6. The Kier molecular flexibility index (Phi) is 7.46. The van der Waals surface area contributed by atoms with Gasteiger partial charge in [0, 0.05) is 4.83 Å². The molecule has 0 aromatic rings. The van der Waals surface area contributed by atoms with Gasteiger partial charge in [-0.3, -0.25) is 0 Å². The minimum atomic E-state index is 0.753. The highest BCUT2D eigenvalue weighted by Gasteiger charge is 2.06. The minimum absolute atomic E-state index is 0.753. The van der Waals surface area contributed by atoms with Crippen molar-refractivity contribution in [3.63, 3.8) is 0 Å². The van der Waals surface area contributed by atoms with Crippen LogP contribution < -0.4 is 0 Å². The van der Waals surface area contributed by atoms with Gasteiger partial charge in [-0.25, -0.2) is 0 Å². The molecule has 0 nitrogen and oxygen atoms in total. The highest BCUT2D eigenvalue weighted by molar-refractivity contribution is 9.09. The predicted molar refractivity (Wildman–Crippen MR) is 56.3 cm³/mol. The molecular formula is C10H21Br. The topological polar surface area (TPSA) is 0 Å². The summed E-state index contributed by atoms with van der Waals surface area (Å²) in [4.78, 5) is 0.753. The molecule has 0 fully saturated rings. The second kappa shape index (κ2) is 7.15. The molecule has 0 spiro atoms. The van der Waals surface area contributed by atoms with Gasteiger partial charge in [0.05, 0.1) is 0 Å². The van der Waals surface area contributed by atoms with E-state index >= 15 is 0 Å². The summed E-state index contributed by atoms with van der Waals surface area (Å²) in [6.07, 6.45) is 6.71. The quantitative estimate of drug-likeness (QED) is 0.584. The zero-order chi connectivity index (χ0) is 8.69. The van der Waals surface area contributed by atoms with Gasteiger partial charge in [-0.2, -0.15) is 0 Å². The lowest BCUT2D eigenvalue weighted by Gasteiger charge is -2.13. The Labute approximate surface area is 79.9 Å². The molecule has 0 rings (SSSR count). The van der Waals surface area contributed by atoms with Crippen LogP contribution in [0.2, 0.25) is 0 Å². The second-order valence-corrected chi connectivity index (χ2v) is 4.56. The molecule has 0 N–H and O–H groups in total. The first-order valence-corrected chi connectivity index (χ1v) is 5.80. The molecule has 1 heteroatoms. The number of hydrogen-bond acceptors (Lipinski definition) is 0. The first-order chi connectivity index (χ1) is 5.24. The van der Waals surface area contributed by atoms with Crippen molar-refractivity contribution in [3.8, 4) is 0 Å². The molecule has 0 bridgehead atoms. The third-order valence-electron chi connectivity index (χ3n) is 2.49. The highest BCUT2D eigenvalue weighted by Crippen LogP contribution is 2.20. The van der Waals surface area contributed by atoms with Crippen LogP contribution in [-0.2, 0) is 0 Å². The lowest BCUT2D eigenvalue weighted by atomic mass is 9.96. The van der Waals surface area contributed by atoms with Crippen molar-refractivity contribution in [2.45, 2.75) is 57.7 Å². The molecule has 1 atom stereocenters. The van der Waals surface area contributed by atoms with E-state index in [2.05, 4.69) is 36.7 Å². The molecule has 0 amide bonds. The van der Waals surface area contributed by atoms with E-state index in [1.54, 1.807) is 0 Å². The smallest absolute Gasteiger partial charge is 0.0143 e. The lowest BCUT2D eigenvalue weighted by molar-refractivity contribution is 0.437. The molecule has 0 aliphatic rings. The summed E-state index contributed by atoms with van der Waals surface area (Å²) >= 11 is 3.66. The fourth-order valence-electron chi connectivity index (χ4n) is 1.32. The minimum Gasteiger partial charge on any atom is -0.0891 e. The molecule has 0 heterocycles. The van der Waals surface area contributed by atoms with Crippen molar-refractivity contribution in [1.29, 1.82) is 0 Å². The Morgan fingerprint density at radius 1 is 0.909 bits per heavy atom. The Balaban J connectivity index is 3.34. The first kappa shape index (κ1) is 11.5. The van der Waals surface area contributed by atoms with Crippen LogP contribution >= 0.6 is 15.9 Å². The van der Waals surface area contributed by atoms with Gasteiger partial charge in [0.1, 0.15) is 0 Å². The number of hydrogen-bond donors (Lipinski definition) is 0. The molecule has 0 radical (unpaired) electrons. The van der Waals surface area contributed by atoms with E-state index in [4.69, 9.17) is 0 Å². The molecule has 68 valence electrons. The SMILES string of the molecule is CCC(Br)CCC(CC)CC. The van der Waals surface area contributed by atoms with E-state index in [-0.39, 0.29) is 0 Å². The highest BCUT2D eigenvalue weighted by atomic mass is 79.9. The van der Waals surface area contributed by atoms with Crippen molar-refractivity contribution in [3.05, 3.63) is 0 Å². The van der Waals surface area contributed by atoms with Crippen molar-refractivity contribution in [1.82, 2.24) is 0 Å². The van der Waals surface area contributed by atoms with Crippen LogP contribution in [0.1, 0.15) is 52.9 Å². The molecule has 0 aliphatic carbocycles. The Hall–Kier alpha value is 0.480. The third kappa shape index (κ3) is 5.72. The molecule has 0 saturated heterocycles. The normalized spacial score (nSPS) is 13.9. The van der Waals surface area contributed by atoms with Crippen LogP contribution in [0.3, 0.4) is 0 Å². The maximum absolute atomic E-state index is 3.66. The Bertz CT molecular complexity index is 76.9. The van der Waals surface area contributed by atoms with Crippen molar-refractivity contribution in [2.24, 2.45) is 5.92 Å². The van der Waals surface area contributed by atoms with E-state index < -0.39 is 0 Å². The van der Waals surface area contributed by atoms with Crippen molar-refractivity contribution >= 4 is 15.9 Å². The van der Waals surface area contributed by atoms with E-state index in [1.807, 2.05) is 0 Å². The molecule has 11 heavy (non-hydrogen) atoms. The standard InChI is InChI=1S/C10H21Br/c1-4-9(5-2)7-8-10(11)6-3/h9-10H,4-8H2,1-3H3. The number of halogens is 1. The van der Waals surface area contributed by atoms with Gasteiger partial charge in [0.2, 0.25) is 0 Å². The number of alkyl halides is 1. The van der Waals surface area contributed by atoms with E-state index in [9.17, 15) is 0 Å². The van der Waals surface area contributed by atoms with Gasteiger partial charge in [-0.1, -0.05) is 49.5 Å². The summed E-state index contributed by atoms with van der Waals surface area (Å²) in [5.41, 5.74) is 0. The summed E-state index contributed by atoms with van der Waals surface area (Å²) in [5, 5.41) is 0. The van der Waals surface area contributed by atoms with Gasteiger partial charge in [0.15, 0.2) is 0 Å². The predicted octanol–water partition coefficient (Wildman–Crippen LogP) is 4.38.